The maximum absolute atomic E-state index is 9.31. The van der Waals surface area contributed by atoms with Gasteiger partial charge in [-0.3, -0.25) is 0 Å². The van der Waals surface area contributed by atoms with Crippen LogP contribution in [0.4, 0.5) is 0 Å². The number of terminal acetylenes is 1. The van der Waals surface area contributed by atoms with Gasteiger partial charge in [-0.1, -0.05) is 13.8 Å². The molecule has 0 heterocycles. The van der Waals surface area contributed by atoms with Gasteiger partial charge in [0.05, 0.1) is 6.10 Å². The van der Waals surface area contributed by atoms with E-state index in [-0.39, 0.29) is 6.10 Å². The normalized spacial score (nSPS) is 13.0. The van der Waals surface area contributed by atoms with Crippen molar-refractivity contribution in [3.63, 3.8) is 0 Å². The maximum Gasteiger partial charge on any atom is 0.0687 e. The van der Waals surface area contributed by atoms with E-state index in [1.807, 2.05) is 13.8 Å². The van der Waals surface area contributed by atoms with Crippen molar-refractivity contribution >= 4 is 0 Å². The molecule has 0 rings (SSSR count). The summed E-state index contributed by atoms with van der Waals surface area (Å²) in [4.78, 5) is 0. The second-order valence-corrected chi connectivity index (χ2v) is 2.97. The Morgan fingerprint density at radius 2 is 2.18 bits per heavy atom. The zero-order valence-corrected chi connectivity index (χ0v) is 7.30. The van der Waals surface area contributed by atoms with Gasteiger partial charge >= 0.3 is 0 Å². The molecule has 0 aliphatic carbocycles. The molecule has 0 saturated carbocycles. The Bertz CT molecular complexity index is 126. The Kier molecular flexibility index (Phi) is 5.91. The first kappa shape index (κ1) is 10.5. The molecular weight excluding hydrogens is 138 g/mol. The van der Waals surface area contributed by atoms with Crippen molar-refractivity contribution in [2.75, 3.05) is 13.1 Å². The van der Waals surface area contributed by atoms with Gasteiger partial charge in [0.25, 0.3) is 0 Å². The summed E-state index contributed by atoms with van der Waals surface area (Å²) in [5, 5.41) is 12.4. The minimum absolute atomic E-state index is 0.257. The van der Waals surface area contributed by atoms with E-state index in [1.165, 1.54) is 0 Å². The summed E-state index contributed by atoms with van der Waals surface area (Å²) in [5.74, 6) is 2.84. The van der Waals surface area contributed by atoms with E-state index in [0.29, 0.717) is 12.5 Å². The van der Waals surface area contributed by atoms with Gasteiger partial charge in [0, 0.05) is 19.5 Å². The molecule has 2 N–H and O–H groups in total. The van der Waals surface area contributed by atoms with Crippen LogP contribution in [0.15, 0.2) is 0 Å². The van der Waals surface area contributed by atoms with Gasteiger partial charge in [-0.05, 0) is 5.92 Å². The Morgan fingerprint density at radius 1 is 1.55 bits per heavy atom. The Balaban J connectivity index is 3.19. The van der Waals surface area contributed by atoms with Crippen LogP contribution in [0.1, 0.15) is 20.3 Å². The van der Waals surface area contributed by atoms with Crippen molar-refractivity contribution in [1.82, 2.24) is 5.32 Å². The number of hydrogen-bond acceptors (Lipinski definition) is 2. The van der Waals surface area contributed by atoms with Gasteiger partial charge in [0.1, 0.15) is 0 Å². The monoisotopic (exact) mass is 155 g/mol. The molecule has 0 radical (unpaired) electrons. The van der Waals surface area contributed by atoms with E-state index >= 15 is 0 Å². The van der Waals surface area contributed by atoms with Gasteiger partial charge in [-0.15, -0.1) is 12.3 Å². The molecule has 0 aliphatic rings. The highest BCUT2D eigenvalue weighted by atomic mass is 16.3. The predicted molar refractivity (Wildman–Crippen MR) is 47.2 cm³/mol. The van der Waals surface area contributed by atoms with Crippen molar-refractivity contribution in [1.29, 1.82) is 0 Å². The summed E-state index contributed by atoms with van der Waals surface area (Å²) >= 11 is 0. The second-order valence-electron chi connectivity index (χ2n) is 2.97. The summed E-state index contributed by atoms with van der Waals surface area (Å²) in [5.41, 5.74) is 0. The lowest BCUT2D eigenvalue weighted by Gasteiger charge is -2.14. The smallest absolute Gasteiger partial charge is 0.0687 e. The quantitative estimate of drug-likeness (QED) is 0.450. The number of nitrogens with one attached hydrogen (secondary N) is 1. The topological polar surface area (TPSA) is 32.3 Å². The molecule has 1 atom stereocenters. The van der Waals surface area contributed by atoms with Gasteiger partial charge in [0.2, 0.25) is 0 Å². The van der Waals surface area contributed by atoms with Crippen LogP contribution < -0.4 is 5.32 Å². The fourth-order valence-corrected chi connectivity index (χ4v) is 0.646. The Morgan fingerprint density at radius 3 is 2.64 bits per heavy atom. The Hall–Kier alpha value is -0.520. The molecule has 2 heteroatoms. The standard InChI is InChI=1S/C9H17NO/c1-4-5-6-10-7-9(11)8(2)3/h1,8-11H,5-7H2,2-3H3. The first-order chi connectivity index (χ1) is 5.18. The van der Waals surface area contributed by atoms with Gasteiger partial charge in [-0.2, -0.15) is 0 Å². The van der Waals surface area contributed by atoms with E-state index in [0.717, 1.165) is 13.0 Å². The summed E-state index contributed by atoms with van der Waals surface area (Å²) in [6.07, 6.45) is 5.52. The molecule has 64 valence electrons. The highest BCUT2D eigenvalue weighted by Gasteiger charge is 2.06. The molecule has 0 spiro atoms. The molecule has 0 aromatic heterocycles. The van der Waals surface area contributed by atoms with E-state index in [4.69, 9.17) is 6.42 Å². The van der Waals surface area contributed by atoms with E-state index < -0.39 is 0 Å². The molecule has 0 aromatic carbocycles. The largest absolute Gasteiger partial charge is 0.392 e. The van der Waals surface area contributed by atoms with Crippen molar-refractivity contribution in [3.8, 4) is 12.3 Å². The fraction of sp³-hybridized carbons (Fsp3) is 0.778. The number of hydrogen-bond donors (Lipinski definition) is 2. The minimum Gasteiger partial charge on any atom is -0.392 e. The van der Waals surface area contributed by atoms with Crippen LogP contribution in [0, 0.1) is 18.3 Å². The highest BCUT2D eigenvalue weighted by molar-refractivity contribution is 4.84. The van der Waals surface area contributed by atoms with Crippen LogP contribution in [-0.2, 0) is 0 Å². The maximum atomic E-state index is 9.31. The van der Waals surface area contributed by atoms with Crippen LogP contribution in [0.25, 0.3) is 0 Å². The highest BCUT2D eigenvalue weighted by Crippen LogP contribution is 1.98. The molecule has 0 amide bonds. The third-order valence-electron chi connectivity index (χ3n) is 1.57. The van der Waals surface area contributed by atoms with Crippen LogP contribution in [0.5, 0.6) is 0 Å². The van der Waals surface area contributed by atoms with E-state index in [1.54, 1.807) is 0 Å². The molecular formula is C9H17NO. The van der Waals surface area contributed by atoms with E-state index in [9.17, 15) is 5.11 Å². The van der Waals surface area contributed by atoms with Crippen LogP contribution in [0.3, 0.4) is 0 Å². The minimum atomic E-state index is -0.257. The second kappa shape index (κ2) is 6.21. The molecule has 0 saturated heterocycles. The molecule has 0 bridgehead atoms. The lowest BCUT2D eigenvalue weighted by Crippen LogP contribution is -2.30. The predicted octanol–water partition coefficient (Wildman–Crippen LogP) is 0.616. The van der Waals surface area contributed by atoms with Gasteiger partial charge in [0.15, 0.2) is 0 Å². The molecule has 1 unspecified atom stereocenters. The SMILES string of the molecule is C#CCCNCC(O)C(C)C. The first-order valence-electron chi connectivity index (χ1n) is 4.00. The van der Waals surface area contributed by atoms with Crippen LogP contribution in [0.2, 0.25) is 0 Å². The number of aliphatic hydroxyl groups is 1. The number of rotatable bonds is 5. The molecule has 0 aromatic rings. The number of aliphatic hydroxyl groups excluding tert-OH is 1. The van der Waals surface area contributed by atoms with Gasteiger partial charge < -0.3 is 10.4 Å². The third kappa shape index (κ3) is 5.90. The van der Waals surface area contributed by atoms with Gasteiger partial charge in [-0.25, -0.2) is 0 Å². The van der Waals surface area contributed by atoms with Crippen molar-refractivity contribution in [3.05, 3.63) is 0 Å². The fourth-order valence-electron chi connectivity index (χ4n) is 0.646. The molecule has 0 aliphatic heterocycles. The van der Waals surface area contributed by atoms with Crippen LogP contribution in [-0.4, -0.2) is 24.3 Å². The molecule has 11 heavy (non-hydrogen) atoms. The average molecular weight is 155 g/mol. The Labute approximate surface area is 69.0 Å². The average Bonchev–Trinajstić information content (AvgIpc) is 1.97. The van der Waals surface area contributed by atoms with E-state index in [2.05, 4.69) is 11.2 Å². The molecule has 0 fully saturated rings. The lowest BCUT2D eigenvalue weighted by molar-refractivity contribution is 0.124. The summed E-state index contributed by atoms with van der Waals surface area (Å²) in [6, 6.07) is 0. The van der Waals surface area contributed by atoms with Crippen molar-refractivity contribution < 1.29 is 5.11 Å². The zero-order chi connectivity index (χ0) is 8.69. The van der Waals surface area contributed by atoms with Crippen LogP contribution >= 0.6 is 0 Å². The molecule has 2 nitrogen and oxygen atoms in total. The first-order valence-corrected chi connectivity index (χ1v) is 4.00. The summed E-state index contributed by atoms with van der Waals surface area (Å²) in [6.45, 7) is 5.42. The van der Waals surface area contributed by atoms with Crippen molar-refractivity contribution in [2.24, 2.45) is 5.92 Å². The summed E-state index contributed by atoms with van der Waals surface area (Å²) < 4.78 is 0. The third-order valence-corrected chi connectivity index (χ3v) is 1.57. The van der Waals surface area contributed by atoms with Crippen molar-refractivity contribution in [2.45, 2.75) is 26.4 Å². The lowest BCUT2D eigenvalue weighted by atomic mass is 10.1. The zero-order valence-electron chi connectivity index (χ0n) is 7.30. The summed E-state index contributed by atoms with van der Waals surface area (Å²) in [7, 11) is 0.